The highest BCUT2D eigenvalue weighted by Gasteiger charge is 2.38. The van der Waals surface area contributed by atoms with Crippen LogP contribution in [0, 0.1) is 25.7 Å². The zero-order valence-corrected chi connectivity index (χ0v) is 23.4. The molecule has 2 saturated heterocycles. The molecule has 1 aromatic rings. The van der Waals surface area contributed by atoms with Crippen LogP contribution in [0.1, 0.15) is 49.7 Å². The van der Waals surface area contributed by atoms with Gasteiger partial charge in [0.2, 0.25) is 15.9 Å². The first-order chi connectivity index (χ1) is 17.1. The summed E-state index contributed by atoms with van der Waals surface area (Å²) in [6.07, 6.45) is 5.73. The molecule has 0 radical (unpaired) electrons. The minimum absolute atomic E-state index is 0.0709. The van der Waals surface area contributed by atoms with E-state index in [4.69, 9.17) is 4.74 Å². The number of likely N-dealkylation sites (tertiary alicyclic amines) is 2. The van der Waals surface area contributed by atoms with Crippen LogP contribution in [0.3, 0.4) is 0 Å². The largest absolute Gasteiger partial charge is 0.497 e. The number of methoxy groups -OCH3 is 1. The van der Waals surface area contributed by atoms with Crippen LogP contribution in [-0.2, 0) is 14.8 Å². The Balaban J connectivity index is 1.22. The maximum absolute atomic E-state index is 13.2. The molecule has 2 unspecified atom stereocenters. The summed E-state index contributed by atoms with van der Waals surface area (Å²) in [6, 6.07) is 4.28. The Morgan fingerprint density at radius 1 is 1.06 bits per heavy atom. The van der Waals surface area contributed by atoms with Crippen LogP contribution in [0.2, 0.25) is 0 Å². The zero-order chi connectivity index (χ0) is 26.0. The number of nitrogens with one attached hydrogen (secondary N) is 1. The third-order valence-corrected chi connectivity index (χ3v) is 10.7. The average Bonchev–Trinajstić information content (AvgIpc) is 3.21. The third-order valence-electron chi connectivity index (χ3n) is 8.58. The molecule has 36 heavy (non-hydrogen) atoms. The Bertz CT molecular complexity index is 1020. The number of carbonyl (C=O) groups excluding carboxylic acids is 1. The summed E-state index contributed by atoms with van der Waals surface area (Å²) < 4.78 is 32.9. The Hall–Kier alpha value is -1.68. The normalized spacial score (nSPS) is 27.7. The fraction of sp³-hybridized carbons (Fsp3) is 0.741. The maximum Gasteiger partial charge on any atom is 0.243 e. The van der Waals surface area contributed by atoms with Crippen molar-refractivity contribution in [2.45, 2.75) is 69.4 Å². The number of piperidine rings is 1. The van der Waals surface area contributed by atoms with E-state index in [1.807, 2.05) is 0 Å². The second-order valence-electron chi connectivity index (χ2n) is 11.3. The molecule has 2 atom stereocenters. The lowest BCUT2D eigenvalue weighted by Gasteiger charge is -2.42. The molecule has 1 amide bonds. The highest BCUT2D eigenvalue weighted by Crippen LogP contribution is 2.34. The molecule has 1 N–H and O–H groups in total. The predicted octanol–water partition coefficient (Wildman–Crippen LogP) is 2.63. The molecule has 2 heterocycles. The van der Waals surface area contributed by atoms with Gasteiger partial charge in [-0.25, -0.2) is 12.7 Å². The Kier molecular flexibility index (Phi) is 8.64. The Morgan fingerprint density at radius 2 is 1.69 bits per heavy atom. The topological polar surface area (TPSA) is 82.2 Å². The van der Waals surface area contributed by atoms with E-state index in [-0.39, 0.29) is 29.8 Å². The molecule has 1 aromatic carbocycles. The molecular weight excluding hydrogens is 476 g/mol. The van der Waals surface area contributed by atoms with Gasteiger partial charge in [0, 0.05) is 51.7 Å². The number of hydrogen-bond donors (Lipinski definition) is 1. The zero-order valence-electron chi connectivity index (χ0n) is 22.6. The van der Waals surface area contributed by atoms with Crippen molar-refractivity contribution in [2.75, 3.05) is 53.9 Å². The van der Waals surface area contributed by atoms with Gasteiger partial charge < -0.3 is 19.9 Å². The average molecular weight is 521 g/mol. The lowest BCUT2D eigenvalue weighted by Crippen LogP contribution is -2.49. The molecule has 1 aliphatic carbocycles. The molecular formula is C27H44N4O4S. The van der Waals surface area contributed by atoms with Crippen molar-refractivity contribution in [3.63, 3.8) is 0 Å². The molecule has 9 heteroatoms. The van der Waals surface area contributed by atoms with Crippen molar-refractivity contribution in [1.82, 2.24) is 19.4 Å². The van der Waals surface area contributed by atoms with E-state index in [0.717, 1.165) is 37.5 Å². The number of amides is 1. The molecule has 0 spiro atoms. The molecule has 4 rings (SSSR count). The third kappa shape index (κ3) is 6.06. The van der Waals surface area contributed by atoms with E-state index in [1.54, 1.807) is 40.1 Å². The van der Waals surface area contributed by atoms with E-state index >= 15 is 0 Å². The number of fused-ring (bicyclic) bond motifs is 1. The van der Waals surface area contributed by atoms with Gasteiger partial charge in [-0.3, -0.25) is 4.79 Å². The fourth-order valence-corrected chi connectivity index (χ4v) is 8.19. The summed E-state index contributed by atoms with van der Waals surface area (Å²) in [6.45, 7) is 8.62. The van der Waals surface area contributed by atoms with Crippen LogP contribution in [-0.4, -0.2) is 94.4 Å². The molecule has 3 fully saturated rings. The second kappa shape index (κ2) is 11.4. The standard InChI is InChI=1S/C27H44N4O4S/c1-19-14-25(35-5)15-20(2)27(19)36(33,34)30(4)12-11-26(32)28-23-6-8-24(9-7-23)31-13-10-21-16-29(3)17-22(21)18-31/h14-15,21-24H,6-13,16-18H2,1-5H3,(H,28,32). The van der Waals surface area contributed by atoms with Crippen molar-refractivity contribution >= 4 is 15.9 Å². The van der Waals surface area contributed by atoms with E-state index in [0.29, 0.717) is 22.9 Å². The number of hydrogen-bond acceptors (Lipinski definition) is 6. The molecule has 0 bridgehead atoms. The Morgan fingerprint density at radius 3 is 2.33 bits per heavy atom. The number of nitrogens with zero attached hydrogens (tertiary/aromatic N) is 3. The highest BCUT2D eigenvalue weighted by molar-refractivity contribution is 7.89. The van der Waals surface area contributed by atoms with Gasteiger partial charge in [0.05, 0.1) is 12.0 Å². The summed E-state index contributed by atoms with van der Waals surface area (Å²) in [5.74, 6) is 2.26. The van der Waals surface area contributed by atoms with E-state index in [2.05, 4.69) is 22.2 Å². The van der Waals surface area contributed by atoms with Crippen molar-refractivity contribution in [3.8, 4) is 5.75 Å². The summed E-state index contributed by atoms with van der Waals surface area (Å²) in [5.41, 5.74) is 1.29. The van der Waals surface area contributed by atoms with Crippen LogP contribution in [0.15, 0.2) is 17.0 Å². The fourth-order valence-electron chi connectivity index (χ4n) is 6.62. The highest BCUT2D eigenvalue weighted by atomic mass is 32.2. The van der Waals surface area contributed by atoms with Gasteiger partial charge in [-0.15, -0.1) is 0 Å². The van der Waals surface area contributed by atoms with Crippen LogP contribution in [0.4, 0.5) is 0 Å². The van der Waals surface area contributed by atoms with Gasteiger partial charge in [0.25, 0.3) is 0 Å². The van der Waals surface area contributed by atoms with Crippen molar-refractivity contribution < 1.29 is 17.9 Å². The van der Waals surface area contributed by atoms with Crippen LogP contribution in [0.25, 0.3) is 0 Å². The smallest absolute Gasteiger partial charge is 0.243 e. The SMILES string of the molecule is COc1cc(C)c(S(=O)(=O)N(C)CCC(=O)NC2CCC(N3CCC4CN(C)CC4C3)CC2)c(C)c1. The number of benzene rings is 1. The van der Waals surface area contributed by atoms with E-state index in [1.165, 1.54) is 36.9 Å². The number of carbonyl (C=O) groups is 1. The second-order valence-corrected chi connectivity index (χ2v) is 13.2. The number of aryl methyl sites for hydroxylation is 2. The van der Waals surface area contributed by atoms with Gasteiger partial charge in [-0.2, -0.15) is 0 Å². The van der Waals surface area contributed by atoms with Crippen molar-refractivity contribution in [3.05, 3.63) is 23.3 Å². The quantitative estimate of drug-likeness (QED) is 0.568. The summed E-state index contributed by atoms with van der Waals surface area (Å²) in [4.78, 5) is 18.1. The summed E-state index contributed by atoms with van der Waals surface area (Å²) >= 11 is 0. The molecule has 8 nitrogen and oxygen atoms in total. The molecule has 3 aliphatic rings. The lowest BCUT2D eigenvalue weighted by molar-refractivity contribution is -0.122. The predicted molar refractivity (Wildman–Crippen MR) is 142 cm³/mol. The van der Waals surface area contributed by atoms with E-state index in [9.17, 15) is 13.2 Å². The van der Waals surface area contributed by atoms with Gasteiger partial charge in [0.15, 0.2) is 0 Å². The molecule has 1 saturated carbocycles. The monoisotopic (exact) mass is 520 g/mol. The van der Waals surface area contributed by atoms with Gasteiger partial charge in [-0.1, -0.05) is 0 Å². The number of rotatable bonds is 8. The van der Waals surface area contributed by atoms with Gasteiger partial charge in [0.1, 0.15) is 5.75 Å². The molecule has 2 aliphatic heterocycles. The Labute approximate surface area is 217 Å². The van der Waals surface area contributed by atoms with Crippen molar-refractivity contribution in [1.29, 1.82) is 0 Å². The first kappa shape index (κ1) is 27.4. The number of ether oxygens (including phenoxy) is 1. The van der Waals surface area contributed by atoms with E-state index < -0.39 is 10.0 Å². The first-order valence-corrected chi connectivity index (χ1v) is 14.9. The van der Waals surface area contributed by atoms with Gasteiger partial charge in [-0.05, 0) is 94.6 Å². The van der Waals surface area contributed by atoms with Gasteiger partial charge >= 0.3 is 0 Å². The number of sulfonamides is 1. The van der Waals surface area contributed by atoms with Crippen LogP contribution < -0.4 is 10.1 Å². The van der Waals surface area contributed by atoms with Crippen molar-refractivity contribution in [2.24, 2.45) is 11.8 Å². The minimum atomic E-state index is -3.69. The van der Waals surface area contributed by atoms with Crippen LogP contribution >= 0.6 is 0 Å². The molecule has 0 aromatic heterocycles. The summed E-state index contributed by atoms with van der Waals surface area (Å²) in [7, 11) is 1.66. The first-order valence-electron chi connectivity index (χ1n) is 13.4. The maximum atomic E-state index is 13.2. The lowest BCUT2D eigenvalue weighted by atomic mass is 9.84. The molecule has 202 valence electrons. The minimum Gasteiger partial charge on any atom is -0.497 e. The van der Waals surface area contributed by atoms with Crippen LogP contribution in [0.5, 0.6) is 5.75 Å². The summed E-state index contributed by atoms with van der Waals surface area (Å²) in [5, 5.41) is 3.17.